The highest BCUT2D eigenvalue weighted by molar-refractivity contribution is 6.35. The minimum atomic E-state index is -0.551. The average Bonchev–Trinajstić information content (AvgIpc) is 2.67. The molecule has 0 atom stereocenters. The van der Waals surface area contributed by atoms with Gasteiger partial charge >= 0.3 is 5.69 Å². The van der Waals surface area contributed by atoms with Crippen molar-refractivity contribution in [1.29, 1.82) is 0 Å². The van der Waals surface area contributed by atoms with Gasteiger partial charge in [0.1, 0.15) is 6.33 Å². The van der Waals surface area contributed by atoms with Crippen LogP contribution in [0.5, 0.6) is 0 Å². The smallest absolute Gasteiger partial charge is 0.334 e. The zero-order valence-electron chi connectivity index (χ0n) is 15.6. The lowest BCUT2D eigenvalue weighted by Gasteiger charge is -2.12. The largest absolute Gasteiger partial charge is 0.353 e. The van der Waals surface area contributed by atoms with Gasteiger partial charge in [0.25, 0.3) is 0 Å². The summed E-state index contributed by atoms with van der Waals surface area (Å²) in [6.45, 7) is 1.90. The topological polar surface area (TPSA) is 106 Å². The second-order valence-electron chi connectivity index (χ2n) is 6.41. The van der Waals surface area contributed by atoms with Gasteiger partial charge in [0.15, 0.2) is 0 Å². The normalized spacial score (nSPS) is 10.8. The molecular weight excluding hydrogens is 427 g/mol. The van der Waals surface area contributed by atoms with Crippen LogP contribution >= 0.6 is 23.2 Å². The van der Waals surface area contributed by atoms with E-state index < -0.39 is 4.92 Å². The summed E-state index contributed by atoms with van der Waals surface area (Å²) in [7, 11) is 0. The Morgan fingerprint density at radius 2 is 1.67 bits per heavy atom. The fourth-order valence-electron chi connectivity index (χ4n) is 2.99. The molecule has 0 amide bonds. The first kappa shape index (κ1) is 19.8. The van der Waals surface area contributed by atoms with E-state index in [1.165, 1.54) is 6.33 Å². The molecule has 0 bridgehead atoms. The third kappa shape index (κ3) is 4.10. The van der Waals surface area contributed by atoms with Gasteiger partial charge in [-0.2, -0.15) is 0 Å². The van der Waals surface area contributed by atoms with Crippen LogP contribution in [0.15, 0.2) is 54.9 Å². The van der Waals surface area contributed by atoms with Crippen LogP contribution in [-0.4, -0.2) is 19.9 Å². The van der Waals surface area contributed by atoms with Crippen LogP contribution in [0.25, 0.3) is 10.9 Å². The molecule has 0 radical (unpaired) electrons. The van der Waals surface area contributed by atoms with Crippen molar-refractivity contribution in [1.82, 2.24) is 15.0 Å². The van der Waals surface area contributed by atoms with E-state index in [-0.39, 0.29) is 17.3 Å². The van der Waals surface area contributed by atoms with Crippen LogP contribution < -0.4 is 10.6 Å². The molecule has 0 aliphatic heterocycles. The number of hydrogen-bond donors (Lipinski definition) is 2. The molecule has 2 aromatic heterocycles. The Hall–Kier alpha value is -3.49. The van der Waals surface area contributed by atoms with Gasteiger partial charge in [-0.15, -0.1) is 0 Å². The van der Waals surface area contributed by atoms with Gasteiger partial charge in [-0.1, -0.05) is 29.3 Å². The van der Waals surface area contributed by atoms with E-state index in [0.29, 0.717) is 21.4 Å². The molecule has 0 aliphatic carbocycles. The van der Waals surface area contributed by atoms with Crippen LogP contribution in [0.3, 0.4) is 0 Å². The molecule has 8 nitrogen and oxygen atoms in total. The van der Waals surface area contributed by atoms with Crippen LogP contribution in [-0.2, 0) is 0 Å². The van der Waals surface area contributed by atoms with E-state index >= 15 is 0 Å². The molecule has 2 heterocycles. The minimum Gasteiger partial charge on any atom is -0.334 e. The Morgan fingerprint density at radius 3 is 2.37 bits per heavy atom. The summed E-state index contributed by atoms with van der Waals surface area (Å²) in [6, 6.07) is 14.0. The van der Waals surface area contributed by atoms with E-state index in [1.807, 2.05) is 31.2 Å². The van der Waals surface area contributed by atoms with E-state index in [2.05, 4.69) is 25.6 Å². The molecule has 2 N–H and O–H groups in total. The van der Waals surface area contributed by atoms with Gasteiger partial charge in [0, 0.05) is 32.5 Å². The molecule has 0 saturated heterocycles. The van der Waals surface area contributed by atoms with Crippen molar-refractivity contribution in [2.24, 2.45) is 0 Å². The number of aryl methyl sites for hydroxylation is 1. The second kappa shape index (κ2) is 8.10. The number of fused-ring (bicyclic) bond motifs is 1. The van der Waals surface area contributed by atoms with Crippen molar-refractivity contribution < 1.29 is 4.92 Å². The molecule has 10 heteroatoms. The SMILES string of the molecule is Cc1ccc2c(Nc3ncnc(Nc4cc(Cl)cc(Cl)c4)c3[N+](=O)[O-])cccc2n1. The Kier molecular flexibility index (Phi) is 5.35. The maximum atomic E-state index is 11.8. The van der Waals surface area contributed by atoms with E-state index in [9.17, 15) is 10.1 Å². The predicted molar refractivity (Wildman–Crippen MR) is 118 cm³/mol. The third-order valence-corrected chi connectivity index (χ3v) is 4.69. The highest BCUT2D eigenvalue weighted by Gasteiger charge is 2.24. The van der Waals surface area contributed by atoms with Crippen molar-refractivity contribution in [3.8, 4) is 0 Å². The maximum Gasteiger partial charge on any atom is 0.353 e. The average molecular weight is 441 g/mol. The molecule has 0 saturated carbocycles. The van der Waals surface area contributed by atoms with Gasteiger partial charge in [0.2, 0.25) is 11.6 Å². The van der Waals surface area contributed by atoms with Crippen LogP contribution in [0, 0.1) is 17.0 Å². The molecule has 150 valence electrons. The van der Waals surface area contributed by atoms with Gasteiger partial charge in [-0.25, -0.2) is 9.97 Å². The standard InChI is InChI=1S/C20H14Cl2N6O2/c1-11-5-6-15-16(25-11)3-2-4-17(15)27-20-18(28(29)30)19(23-10-24-20)26-14-8-12(21)7-13(22)9-14/h2-10H,1H3,(H2,23,24,26,27). The number of rotatable bonds is 5. The summed E-state index contributed by atoms with van der Waals surface area (Å²) < 4.78 is 0. The van der Waals surface area contributed by atoms with Crippen LogP contribution in [0.1, 0.15) is 5.69 Å². The molecule has 0 unspecified atom stereocenters. The van der Waals surface area contributed by atoms with Gasteiger partial charge in [-0.3, -0.25) is 15.1 Å². The van der Waals surface area contributed by atoms with Crippen molar-refractivity contribution in [3.63, 3.8) is 0 Å². The highest BCUT2D eigenvalue weighted by atomic mass is 35.5. The number of anilines is 4. The number of hydrogen-bond acceptors (Lipinski definition) is 7. The summed E-state index contributed by atoms with van der Waals surface area (Å²) in [5.74, 6) is 0.0451. The number of halogens is 2. The van der Waals surface area contributed by atoms with Gasteiger partial charge in [-0.05, 0) is 49.4 Å². The van der Waals surface area contributed by atoms with Crippen LogP contribution in [0.2, 0.25) is 10.0 Å². The molecule has 4 aromatic rings. The number of nitro groups is 1. The van der Waals surface area contributed by atoms with Crippen LogP contribution in [0.4, 0.5) is 28.7 Å². The minimum absolute atomic E-state index is 0.00467. The van der Waals surface area contributed by atoms with Crippen molar-refractivity contribution in [2.75, 3.05) is 10.6 Å². The quantitative estimate of drug-likeness (QED) is 0.287. The Balaban J connectivity index is 1.76. The Bertz CT molecular complexity index is 1260. The lowest BCUT2D eigenvalue weighted by Crippen LogP contribution is -2.06. The van der Waals surface area contributed by atoms with E-state index in [1.54, 1.807) is 24.3 Å². The molecule has 30 heavy (non-hydrogen) atoms. The van der Waals surface area contributed by atoms with Crippen molar-refractivity contribution in [2.45, 2.75) is 6.92 Å². The lowest BCUT2D eigenvalue weighted by molar-refractivity contribution is -0.383. The molecule has 0 spiro atoms. The van der Waals surface area contributed by atoms with Gasteiger partial charge in [0.05, 0.1) is 10.4 Å². The fourth-order valence-corrected chi connectivity index (χ4v) is 3.52. The first-order valence-corrected chi connectivity index (χ1v) is 9.52. The monoisotopic (exact) mass is 440 g/mol. The van der Waals surface area contributed by atoms with E-state index in [4.69, 9.17) is 23.2 Å². The number of nitrogens with zero attached hydrogens (tertiary/aromatic N) is 4. The number of nitrogens with one attached hydrogen (secondary N) is 2. The zero-order chi connectivity index (χ0) is 21.3. The summed E-state index contributed by atoms with van der Waals surface area (Å²) >= 11 is 12.0. The summed E-state index contributed by atoms with van der Waals surface area (Å²) in [6.07, 6.45) is 1.23. The van der Waals surface area contributed by atoms with Gasteiger partial charge < -0.3 is 10.6 Å². The highest BCUT2D eigenvalue weighted by Crippen LogP contribution is 2.35. The first-order valence-electron chi connectivity index (χ1n) is 8.76. The molecule has 4 rings (SSSR count). The third-order valence-electron chi connectivity index (χ3n) is 4.25. The zero-order valence-corrected chi connectivity index (χ0v) is 17.1. The molecule has 2 aromatic carbocycles. The Labute approximate surface area is 181 Å². The predicted octanol–water partition coefficient (Wildman–Crippen LogP) is 6.04. The lowest BCUT2D eigenvalue weighted by atomic mass is 10.1. The summed E-state index contributed by atoms with van der Waals surface area (Å²) in [4.78, 5) is 23.9. The van der Waals surface area contributed by atoms with Crippen molar-refractivity contribution in [3.05, 3.63) is 80.7 Å². The number of benzene rings is 2. The number of pyridine rings is 1. The summed E-state index contributed by atoms with van der Waals surface area (Å²) in [5, 5.41) is 19.4. The van der Waals surface area contributed by atoms with E-state index in [0.717, 1.165) is 16.6 Å². The Morgan fingerprint density at radius 1 is 0.967 bits per heavy atom. The molecule has 0 fully saturated rings. The molecule has 0 aliphatic rings. The fraction of sp³-hybridized carbons (Fsp3) is 0.0500. The first-order chi connectivity index (χ1) is 14.4. The summed E-state index contributed by atoms with van der Waals surface area (Å²) in [5.41, 5.74) is 2.43. The van der Waals surface area contributed by atoms with Crippen molar-refractivity contribution >= 4 is 62.8 Å². The number of aromatic nitrogens is 3. The second-order valence-corrected chi connectivity index (χ2v) is 7.28. The molecular formula is C20H14Cl2N6O2. The maximum absolute atomic E-state index is 11.8.